The van der Waals surface area contributed by atoms with Gasteiger partial charge in [-0.2, -0.15) is 0 Å². The molecule has 24 heavy (non-hydrogen) atoms. The largest absolute Gasteiger partial charge is 0.456 e. The molecule has 0 aliphatic carbocycles. The first-order chi connectivity index (χ1) is 11.6. The fourth-order valence-electron chi connectivity index (χ4n) is 2.76. The molecule has 0 atom stereocenters. The van der Waals surface area contributed by atoms with Crippen molar-refractivity contribution in [2.45, 2.75) is 25.9 Å². The lowest BCUT2D eigenvalue weighted by Gasteiger charge is -2.28. The molecule has 0 N–H and O–H groups in total. The van der Waals surface area contributed by atoms with Gasteiger partial charge in [-0.1, -0.05) is 12.1 Å². The predicted octanol–water partition coefficient (Wildman–Crippen LogP) is 3.71. The lowest BCUT2D eigenvalue weighted by atomic mass is 10.1. The molecular weight excluding hydrogens is 314 g/mol. The lowest BCUT2D eigenvalue weighted by Crippen LogP contribution is -2.29. The lowest BCUT2D eigenvalue weighted by molar-refractivity contribution is 0.0461. The molecule has 2 heterocycles. The molecule has 0 spiro atoms. The monoisotopic (exact) mass is 332 g/mol. The number of nitrogens with zero attached hydrogens (tertiary/aromatic N) is 2. The van der Waals surface area contributed by atoms with Crippen molar-refractivity contribution in [2.75, 3.05) is 18.0 Å². The summed E-state index contributed by atoms with van der Waals surface area (Å²) in [5.41, 5.74) is 1.08. The molecule has 1 fully saturated rings. The van der Waals surface area contributed by atoms with E-state index in [1.165, 1.54) is 18.6 Å². The van der Waals surface area contributed by atoms with E-state index in [0.717, 1.165) is 37.7 Å². The molecule has 0 unspecified atom stereocenters. The van der Waals surface area contributed by atoms with E-state index >= 15 is 0 Å². The number of piperidine rings is 1. The van der Waals surface area contributed by atoms with E-state index in [9.17, 15) is 13.6 Å². The van der Waals surface area contributed by atoms with Gasteiger partial charge in [0.25, 0.3) is 0 Å². The summed E-state index contributed by atoms with van der Waals surface area (Å²) < 4.78 is 31.8. The highest BCUT2D eigenvalue weighted by molar-refractivity contribution is 5.88. The van der Waals surface area contributed by atoms with Crippen molar-refractivity contribution >= 4 is 11.7 Å². The van der Waals surface area contributed by atoms with Crippen molar-refractivity contribution in [1.29, 1.82) is 0 Å². The zero-order valence-electron chi connectivity index (χ0n) is 13.2. The smallest absolute Gasteiger partial charge is 0.357 e. The second kappa shape index (κ2) is 7.38. The van der Waals surface area contributed by atoms with Gasteiger partial charge in [0, 0.05) is 30.5 Å². The van der Waals surface area contributed by atoms with Gasteiger partial charge in [-0.05, 0) is 37.5 Å². The standard InChI is InChI=1S/C18H18F2N2O2/c19-15-6-4-5-13(17(15)20)12-24-18(23)16-11-14(7-8-21-16)22-9-2-1-3-10-22/h4-8,11H,1-3,9-10,12H2. The van der Waals surface area contributed by atoms with Crippen LogP contribution in [0.1, 0.15) is 35.3 Å². The maximum atomic E-state index is 13.6. The highest BCUT2D eigenvalue weighted by Crippen LogP contribution is 2.20. The summed E-state index contributed by atoms with van der Waals surface area (Å²) in [5.74, 6) is -2.62. The number of esters is 1. The van der Waals surface area contributed by atoms with E-state index in [0.29, 0.717) is 0 Å². The van der Waals surface area contributed by atoms with Gasteiger partial charge in [0.15, 0.2) is 11.6 Å². The summed E-state index contributed by atoms with van der Waals surface area (Å²) in [4.78, 5) is 18.3. The molecular formula is C18H18F2N2O2. The number of aromatic nitrogens is 1. The van der Waals surface area contributed by atoms with Crippen molar-refractivity contribution in [3.05, 3.63) is 59.4 Å². The van der Waals surface area contributed by atoms with Crippen LogP contribution in [0.5, 0.6) is 0 Å². The van der Waals surface area contributed by atoms with Gasteiger partial charge in [0.1, 0.15) is 12.3 Å². The van der Waals surface area contributed by atoms with Gasteiger partial charge in [-0.25, -0.2) is 18.6 Å². The summed E-state index contributed by atoms with van der Waals surface area (Å²) in [6, 6.07) is 7.30. The van der Waals surface area contributed by atoms with Gasteiger partial charge >= 0.3 is 5.97 Å². The van der Waals surface area contributed by atoms with E-state index < -0.39 is 17.6 Å². The predicted molar refractivity (Wildman–Crippen MR) is 85.8 cm³/mol. The van der Waals surface area contributed by atoms with E-state index in [4.69, 9.17) is 4.74 Å². The van der Waals surface area contributed by atoms with Gasteiger partial charge in [-0.3, -0.25) is 0 Å². The second-order valence-corrected chi connectivity index (χ2v) is 5.74. The Labute approximate surface area is 139 Å². The minimum absolute atomic E-state index is 0.00413. The van der Waals surface area contributed by atoms with Gasteiger partial charge < -0.3 is 9.64 Å². The van der Waals surface area contributed by atoms with Crippen LogP contribution in [0.3, 0.4) is 0 Å². The van der Waals surface area contributed by atoms with Crippen molar-refractivity contribution in [2.24, 2.45) is 0 Å². The van der Waals surface area contributed by atoms with Crippen molar-refractivity contribution in [3.63, 3.8) is 0 Å². The summed E-state index contributed by atoms with van der Waals surface area (Å²) in [6.45, 7) is 1.57. The number of hydrogen-bond donors (Lipinski definition) is 0. The number of benzene rings is 1. The fraction of sp³-hybridized carbons (Fsp3) is 0.333. The molecule has 1 aromatic carbocycles. The number of carbonyl (C=O) groups is 1. The van der Waals surface area contributed by atoms with Crippen LogP contribution in [0.4, 0.5) is 14.5 Å². The molecule has 3 rings (SSSR count). The average Bonchev–Trinajstić information content (AvgIpc) is 2.63. The van der Waals surface area contributed by atoms with Crippen molar-refractivity contribution < 1.29 is 18.3 Å². The Morgan fingerprint density at radius 3 is 2.75 bits per heavy atom. The van der Waals surface area contributed by atoms with Crippen LogP contribution < -0.4 is 4.90 Å². The Bertz CT molecular complexity index is 731. The van der Waals surface area contributed by atoms with Crippen LogP contribution in [0.25, 0.3) is 0 Å². The van der Waals surface area contributed by atoms with E-state index in [1.54, 1.807) is 12.3 Å². The Morgan fingerprint density at radius 2 is 1.96 bits per heavy atom. The topological polar surface area (TPSA) is 42.4 Å². The fourth-order valence-corrected chi connectivity index (χ4v) is 2.76. The highest BCUT2D eigenvalue weighted by atomic mass is 19.2. The molecule has 0 bridgehead atoms. The molecule has 2 aromatic rings. The first-order valence-electron chi connectivity index (χ1n) is 7.96. The number of anilines is 1. The Morgan fingerprint density at radius 1 is 1.17 bits per heavy atom. The number of rotatable bonds is 4. The van der Waals surface area contributed by atoms with Crippen LogP contribution in [0, 0.1) is 11.6 Å². The number of ether oxygens (including phenoxy) is 1. The molecule has 0 saturated carbocycles. The third kappa shape index (κ3) is 3.69. The summed E-state index contributed by atoms with van der Waals surface area (Å²) >= 11 is 0. The number of pyridine rings is 1. The minimum atomic E-state index is -1.000. The zero-order chi connectivity index (χ0) is 16.9. The number of carbonyl (C=O) groups excluding carboxylic acids is 1. The van der Waals surface area contributed by atoms with Gasteiger partial charge in [0.2, 0.25) is 0 Å². The molecule has 1 saturated heterocycles. The summed E-state index contributed by atoms with van der Waals surface area (Å²) in [7, 11) is 0. The third-order valence-electron chi connectivity index (χ3n) is 4.06. The zero-order valence-corrected chi connectivity index (χ0v) is 13.2. The van der Waals surface area contributed by atoms with Crippen LogP contribution in [0.15, 0.2) is 36.5 Å². The first kappa shape index (κ1) is 16.4. The van der Waals surface area contributed by atoms with Crippen LogP contribution in [-0.2, 0) is 11.3 Å². The maximum absolute atomic E-state index is 13.6. The van der Waals surface area contributed by atoms with Crippen molar-refractivity contribution in [3.8, 4) is 0 Å². The van der Waals surface area contributed by atoms with Crippen LogP contribution >= 0.6 is 0 Å². The minimum Gasteiger partial charge on any atom is -0.456 e. The second-order valence-electron chi connectivity index (χ2n) is 5.74. The van der Waals surface area contributed by atoms with E-state index in [-0.39, 0.29) is 17.9 Å². The Kier molecular flexibility index (Phi) is 5.03. The molecule has 1 aromatic heterocycles. The molecule has 0 amide bonds. The average molecular weight is 332 g/mol. The van der Waals surface area contributed by atoms with Gasteiger partial charge in [-0.15, -0.1) is 0 Å². The molecule has 126 valence electrons. The molecule has 1 aliphatic heterocycles. The normalized spacial score (nSPS) is 14.5. The van der Waals surface area contributed by atoms with Crippen LogP contribution in [0.2, 0.25) is 0 Å². The molecule has 4 nitrogen and oxygen atoms in total. The van der Waals surface area contributed by atoms with E-state index in [2.05, 4.69) is 9.88 Å². The number of halogens is 2. The Balaban J connectivity index is 1.67. The SMILES string of the molecule is O=C(OCc1cccc(F)c1F)c1cc(N2CCCCC2)ccn1. The molecule has 0 radical (unpaired) electrons. The third-order valence-corrected chi connectivity index (χ3v) is 4.06. The van der Waals surface area contributed by atoms with Crippen LogP contribution in [-0.4, -0.2) is 24.0 Å². The molecule has 1 aliphatic rings. The Hall–Kier alpha value is -2.50. The molecule has 6 heteroatoms. The first-order valence-corrected chi connectivity index (χ1v) is 7.96. The maximum Gasteiger partial charge on any atom is 0.357 e. The summed E-state index contributed by atoms with van der Waals surface area (Å²) in [5, 5.41) is 0. The highest BCUT2D eigenvalue weighted by Gasteiger charge is 2.16. The quantitative estimate of drug-likeness (QED) is 0.801. The summed E-state index contributed by atoms with van der Waals surface area (Å²) in [6.07, 6.45) is 5.03. The number of hydrogen-bond acceptors (Lipinski definition) is 4. The van der Waals surface area contributed by atoms with Crippen molar-refractivity contribution in [1.82, 2.24) is 4.98 Å². The van der Waals surface area contributed by atoms with Gasteiger partial charge in [0.05, 0.1) is 0 Å². The van der Waals surface area contributed by atoms with E-state index in [1.807, 2.05) is 6.07 Å².